The van der Waals surface area contributed by atoms with E-state index >= 15 is 0 Å². The Kier molecular flexibility index (Phi) is 4.02. The van der Waals surface area contributed by atoms with Gasteiger partial charge in [0, 0.05) is 12.0 Å². The number of aromatic hydroxyl groups is 2. The van der Waals surface area contributed by atoms with Crippen molar-refractivity contribution in [2.75, 3.05) is 0 Å². The molecule has 1 amide bonds. The highest BCUT2D eigenvalue weighted by Crippen LogP contribution is 2.41. The summed E-state index contributed by atoms with van der Waals surface area (Å²) in [5, 5.41) is 21.8. The molecule has 1 aliphatic rings. The Morgan fingerprint density at radius 3 is 2.86 bits per heavy atom. The molecular formula is C16H18N2O3S. The zero-order chi connectivity index (χ0) is 15.7. The van der Waals surface area contributed by atoms with Crippen molar-refractivity contribution in [3.63, 3.8) is 0 Å². The van der Waals surface area contributed by atoms with Crippen molar-refractivity contribution in [3.8, 4) is 11.5 Å². The first-order valence-corrected chi connectivity index (χ1v) is 8.17. The highest BCUT2D eigenvalue weighted by molar-refractivity contribution is 7.11. The number of carbonyl (C=O) groups excluding carboxylic acids is 1. The molecule has 0 aliphatic heterocycles. The number of nitrogens with zero attached hydrogens (tertiary/aromatic N) is 1. The van der Waals surface area contributed by atoms with Crippen molar-refractivity contribution in [2.45, 2.75) is 38.1 Å². The maximum atomic E-state index is 12.4. The van der Waals surface area contributed by atoms with Gasteiger partial charge in [0.15, 0.2) is 11.5 Å². The Balaban J connectivity index is 1.63. The molecule has 2 aromatic rings. The number of rotatable bonds is 5. The van der Waals surface area contributed by atoms with E-state index in [4.69, 9.17) is 0 Å². The van der Waals surface area contributed by atoms with Gasteiger partial charge in [-0.25, -0.2) is 4.98 Å². The Morgan fingerprint density at radius 2 is 2.18 bits per heavy atom. The lowest BCUT2D eigenvalue weighted by Crippen LogP contribution is -2.34. The molecule has 1 fully saturated rings. The number of hydrogen-bond donors (Lipinski definition) is 3. The first kappa shape index (κ1) is 14.8. The number of hydrogen-bond acceptors (Lipinski definition) is 5. The number of amides is 1. The highest BCUT2D eigenvalue weighted by Gasteiger charge is 2.30. The molecule has 116 valence electrons. The van der Waals surface area contributed by atoms with E-state index in [1.54, 1.807) is 11.6 Å². The summed E-state index contributed by atoms with van der Waals surface area (Å²) in [6.45, 7) is 1.92. The fraction of sp³-hybridized carbons (Fsp3) is 0.375. The zero-order valence-corrected chi connectivity index (χ0v) is 13.1. The summed E-state index contributed by atoms with van der Waals surface area (Å²) in [6.07, 6.45) is 2.82. The van der Waals surface area contributed by atoms with Gasteiger partial charge in [-0.15, -0.1) is 11.3 Å². The second kappa shape index (κ2) is 5.96. The molecule has 1 aromatic carbocycles. The molecular weight excluding hydrogens is 300 g/mol. The zero-order valence-electron chi connectivity index (χ0n) is 12.2. The van der Waals surface area contributed by atoms with Crippen LogP contribution in [0.4, 0.5) is 0 Å². The van der Waals surface area contributed by atoms with E-state index < -0.39 is 0 Å². The molecule has 1 heterocycles. The van der Waals surface area contributed by atoms with Crippen LogP contribution >= 0.6 is 11.3 Å². The van der Waals surface area contributed by atoms with Crippen LogP contribution in [0.3, 0.4) is 0 Å². The molecule has 1 atom stereocenters. The Morgan fingerprint density at radius 1 is 1.41 bits per heavy atom. The van der Waals surface area contributed by atoms with E-state index in [9.17, 15) is 15.0 Å². The molecule has 6 heteroatoms. The monoisotopic (exact) mass is 318 g/mol. The minimum Gasteiger partial charge on any atom is -0.504 e. The van der Waals surface area contributed by atoms with Crippen LogP contribution in [0.1, 0.15) is 46.6 Å². The fourth-order valence-electron chi connectivity index (χ4n) is 2.46. The third-order valence-electron chi connectivity index (χ3n) is 3.72. The number of aromatic nitrogens is 1. The van der Waals surface area contributed by atoms with Crippen LogP contribution in [0.15, 0.2) is 23.7 Å². The van der Waals surface area contributed by atoms with Crippen LogP contribution in [0.5, 0.6) is 11.5 Å². The summed E-state index contributed by atoms with van der Waals surface area (Å²) in [7, 11) is 0. The Bertz CT molecular complexity index is 694. The molecule has 0 saturated heterocycles. The van der Waals surface area contributed by atoms with Crippen molar-refractivity contribution in [1.82, 2.24) is 10.3 Å². The van der Waals surface area contributed by atoms with E-state index in [1.807, 2.05) is 6.92 Å². The lowest BCUT2D eigenvalue weighted by molar-refractivity contribution is 0.0943. The number of phenolic OH excluding ortho intramolecular Hbond substituents is 2. The fourth-order valence-corrected chi connectivity index (χ4v) is 3.24. The van der Waals surface area contributed by atoms with E-state index in [-0.39, 0.29) is 23.4 Å². The molecule has 22 heavy (non-hydrogen) atoms. The lowest BCUT2D eigenvalue weighted by atomic mass is 10.1. The molecule has 5 nitrogen and oxygen atoms in total. The molecule has 1 saturated carbocycles. The quantitative estimate of drug-likeness (QED) is 0.740. The largest absolute Gasteiger partial charge is 0.504 e. The molecule has 1 aliphatic carbocycles. The first-order chi connectivity index (χ1) is 10.5. The highest BCUT2D eigenvalue weighted by atomic mass is 32.1. The molecule has 1 unspecified atom stereocenters. The minimum absolute atomic E-state index is 0.0782. The van der Waals surface area contributed by atoms with Gasteiger partial charge in [0.1, 0.15) is 4.88 Å². The third-order valence-corrected chi connectivity index (χ3v) is 4.57. The second-order valence-electron chi connectivity index (χ2n) is 5.74. The number of benzene rings is 1. The SMILES string of the molecule is CC(Cc1ccc(O)c(O)c1)NC(=O)c1scnc1C1CC1. The van der Waals surface area contributed by atoms with Gasteiger partial charge in [0.05, 0.1) is 11.2 Å². The standard InChI is InChI=1S/C16H18N2O3S/c1-9(6-10-2-5-12(19)13(20)7-10)18-16(21)15-14(11-3-4-11)17-8-22-15/h2,5,7-9,11,19-20H,3-4,6H2,1H3,(H,18,21). The number of nitrogens with one attached hydrogen (secondary N) is 1. The third kappa shape index (κ3) is 3.22. The topological polar surface area (TPSA) is 82.5 Å². The maximum absolute atomic E-state index is 12.4. The van der Waals surface area contributed by atoms with Gasteiger partial charge in [-0.2, -0.15) is 0 Å². The number of carbonyl (C=O) groups is 1. The second-order valence-corrected chi connectivity index (χ2v) is 6.60. The van der Waals surface area contributed by atoms with Crippen molar-refractivity contribution >= 4 is 17.2 Å². The lowest BCUT2D eigenvalue weighted by Gasteiger charge is -2.14. The maximum Gasteiger partial charge on any atom is 0.263 e. The van der Waals surface area contributed by atoms with Gasteiger partial charge >= 0.3 is 0 Å². The number of phenols is 2. The van der Waals surface area contributed by atoms with Crippen LogP contribution in [0.25, 0.3) is 0 Å². The van der Waals surface area contributed by atoms with Crippen molar-refractivity contribution in [1.29, 1.82) is 0 Å². The average molecular weight is 318 g/mol. The molecule has 3 N–H and O–H groups in total. The average Bonchev–Trinajstić information content (AvgIpc) is 3.19. The van der Waals surface area contributed by atoms with Gasteiger partial charge in [-0.3, -0.25) is 4.79 Å². The van der Waals surface area contributed by atoms with Gasteiger partial charge in [-0.05, 0) is 43.9 Å². The normalized spacial score (nSPS) is 15.5. The van der Waals surface area contributed by atoms with Crippen LogP contribution in [0, 0.1) is 0 Å². The molecule has 0 radical (unpaired) electrons. The summed E-state index contributed by atoms with van der Waals surface area (Å²) in [6, 6.07) is 4.62. The summed E-state index contributed by atoms with van der Waals surface area (Å²) in [5.74, 6) is 0.0879. The van der Waals surface area contributed by atoms with E-state index in [1.165, 1.54) is 23.5 Å². The summed E-state index contributed by atoms with van der Waals surface area (Å²) >= 11 is 1.38. The Labute approximate surface area is 132 Å². The van der Waals surface area contributed by atoms with Crippen molar-refractivity contribution in [2.24, 2.45) is 0 Å². The molecule has 3 rings (SSSR count). The first-order valence-electron chi connectivity index (χ1n) is 7.29. The van der Waals surface area contributed by atoms with E-state index in [0.29, 0.717) is 17.2 Å². The van der Waals surface area contributed by atoms with Gasteiger partial charge in [0.2, 0.25) is 0 Å². The number of thiazole rings is 1. The van der Waals surface area contributed by atoms with E-state index in [2.05, 4.69) is 10.3 Å². The molecule has 0 bridgehead atoms. The van der Waals surface area contributed by atoms with Crippen LogP contribution in [-0.4, -0.2) is 27.1 Å². The summed E-state index contributed by atoms with van der Waals surface area (Å²) in [4.78, 5) is 17.4. The van der Waals surface area contributed by atoms with Gasteiger partial charge in [0.25, 0.3) is 5.91 Å². The van der Waals surface area contributed by atoms with Gasteiger partial charge in [-0.1, -0.05) is 6.07 Å². The van der Waals surface area contributed by atoms with E-state index in [0.717, 1.165) is 24.1 Å². The molecule has 0 spiro atoms. The smallest absolute Gasteiger partial charge is 0.263 e. The van der Waals surface area contributed by atoms with Crippen LogP contribution in [-0.2, 0) is 6.42 Å². The minimum atomic E-state index is -0.144. The summed E-state index contributed by atoms with van der Waals surface area (Å²) < 4.78 is 0. The predicted molar refractivity (Wildman–Crippen MR) is 84.5 cm³/mol. The van der Waals surface area contributed by atoms with Crippen LogP contribution < -0.4 is 5.32 Å². The van der Waals surface area contributed by atoms with Gasteiger partial charge < -0.3 is 15.5 Å². The van der Waals surface area contributed by atoms with Crippen molar-refractivity contribution in [3.05, 3.63) is 39.8 Å². The Hall–Kier alpha value is -2.08. The molecule has 1 aromatic heterocycles. The summed E-state index contributed by atoms with van der Waals surface area (Å²) in [5.41, 5.74) is 3.51. The van der Waals surface area contributed by atoms with Crippen molar-refractivity contribution < 1.29 is 15.0 Å². The predicted octanol–water partition coefficient (Wildman–Crippen LogP) is 2.79. The van der Waals surface area contributed by atoms with Crippen LogP contribution in [0.2, 0.25) is 0 Å².